The van der Waals surface area contributed by atoms with Gasteiger partial charge in [-0.1, -0.05) is 36.4 Å². The van der Waals surface area contributed by atoms with Crippen molar-refractivity contribution in [1.29, 1.82) is 0 Å². The Balaban J connectivity index is 1.24. The highest BCUT2D eigenvalue weighted by molar-refractivity contribution is 8.00. The molecule has 1 heterocycles. The summed E-state index contributed by atoms with van der Waals surface area (Å²) in [6.07, 6.45) is 4.45. The van der Waals surface area contributed by atoms with Crippen molar-refractivity contribution in [3.63, 3.8) is 0 Å². The van der Waals surface area contributed by atoms with Gasteiger partial charge in [0.1, 0.15) is 5.82 Å². The number of aromatic nitrogens is 1. The molecule has 0 atom stereocenters. The van der Waals surface area contributed by atoms with E-state index in [-0.39, 0.29) is 5.91 Å². The highest BCUT2D eigenvalue weighted by Gasteiger charge is 2.22. The maximum atomic E-state index is 12.2. The van der Waals surface area contributed by atoms with Gasteiger partial charge in [0.05, 0.1) is 11.3 Å². The molecule has 6 heteroatoms. The Hall–Kier alpha value is -2.73. The Bertz CT molecular complexity index is 1030. The van der Waals surface area contributed by atoms with Gasteiger partial charge in [-0.05, 0) is 49.8 Å². The summed E-state index contributed by atoms with van der Waals surface area (Å²) >= 11 is 1.59. The Labute approximate surface area is 195 Å². The third-order valence-corrected chi connectivity index (χ3v) is 7.09. The van der Waals surface area contributed by atoms with Crippen LogP contribution in [0, 0.1) is 5.92 Å². The summed E-state index contributed by atoms with van der Waals surface area (Å²) < 4.78 is 0. The molecule has 1 saturated carbocycles. The number of nitrogens with zero attached hydrogens (tertiary/aromatic N) is 2. The minimum absolute atomic E-state index is 0.121. The quantitative estimate of drug-likeness (QED) is 0.465. The topological polar surface area (TPSA) is 57.3 Å². The van der Waals surface area contributed by atoms with Crippen LogP contribution >= 0.6 is 11.8 Å². The molecule has 0 bridgehead atoms. The maximum absolute atomic E-state index is 12.2. The van der Waals surface area contributed by atoms with Crippen LogP contribution in [0.5, 0.6) is 0 Å². The molecule has 1 aliphatic rings. The molecule has 2 aromatic carbocycles. The zero-order chi connectivity index (χ0) is 22.3. The number of hydrogen-bond acceptors (Lipinski definition) is 5. The Morgan fingerprint density at radius 3 is 2.50 bits per heavy atom. The van der Waals surface area contributed by atoms with Crippen LogP contribution in [0.15, 0.2) is 65.6 Å². The number of fused-ring (bicyclic) bond motifs is 1. The van der Waals surface area contributed by atoms with Crippen LogP contribution in [0.4, 0.5) is 11.5 Å². The standard InChI is InChI=1S/C26H32N4OS/c1-30(2)24-16-25(29-23-11-7-6-10-22(23)24)28-20-14-12-19(13-15-20)17-27-26(31)18-32-21-8-4-3-5-9-21/h3-11,16,19-20H,12-15,17-18H2,1-2H3,(H,27,31)(H,28,29)/t19-,20+. The number of pyridine rings is 1. The lowest BCUT2D eigenvalue weighted by Gasteiger charge is -2.30. The SMILES string of the molecule is CN(C)c1cc(N[C@H]2CC[C@@H](CNC(=O)CSc3ccccc3)CC2)nc2ccccc12. The Morgan fingerprint density at radius 1 is 1.03 bits per heavy atom. The average Bonchev–Trinajstić information content (AvgIpc) is 2.82. The van der Waals surface area contributed by atoms with Crippen molar-refractivity contribution in [2.75, 3.05) is 36.6 Å². The van der Waals surface area contributed by atoms with Crippen LogP contribution in [-0.4, -0.2) is 43.3 Å². The van der Waals surface area contributed by atoms with Crippen LogP contribution in [-0.2, 0) is 4.79 Å². The van der Waals surface area contributed by atoms with E-state index in [1.54, 1.807) is 11.8 Å². The van der Waals surface area contributed by atoms with Gasteiger partial charge in [-0.15, -0.1) is 11.8 Å². The first-order valence-electron chi connectivity index (χ1n) is 11.4. The van der Waals surface area contributed by atoms with E-state index in [0.29, 0.717) is 17.7 Å². The number of nitrogens with one attached hydrogen (secondary N) is 2. The van der Waals surface area contributed by atoms with E-state index in [2.05, 4.69) is 53.9 Å². The Morgan fingerprint density at radius 2 is 1.75 bits per heavy atom. The van der Waals surface area contributed by atoms with Gasteiger partial charge in [0.2, 0.25) is 5.91 Å². The predicted molar refractivity (Wildman–Crippen MR) is 136 cm³/mol. The fourth-order valence-corrected chi connectivity index (χ4v) is 5.05. The van der Waals surface area contributed by atoms with Gasteiger partial charge in [-0.2, -0.15) is 0 Å². The lowest BCUT2D eigenvalue weighted by atomic mass is 9.86. The van der Waals surface area contributed by atoms with Crippen LogP contribution in [0.25, 0.3) is 10.9 Å². The molecule has 0 unspecified atom stereocenters. The fraction of sp³-hybridized carbons (Fsp3) is 0.385. The van der Waals surface area contributed by atoms with E-state index < -0.39 is 0 Å². The number of rotatable bonds is 8. The van der Waals surface area contributed by atoms with Gasteiger partial charge >= 0.3 is 0 Å². The van der Waals surface area contributed by atoms with Gasteiger partial charge in [0.15, 0.2) is 0 Å². The summed E-state index contributed by atoms with van der Waals surface area (Å²) in [5, 5.41) is 7.97. The van der Waals surface area contributed by atoms with Crippen molar-refractivity contribution in [2.45, 2.75) is 36.6 Å². The molecule has 1 fully saturated rings. The van der Waals surface area contributed by atoms with Crippen molar-refractivity contribution in [1.82, 2.24) is 10.3 Å². The number of amides is 1. The number of hydrogen-bond donors (Lipinski definition) is 2. The molecule has 32 heavy (non-hydrogen) atoms. The van der Waals surface area contributed by atoms with Crippen LogP contribution in [0.3, 0.4) is 0 Å². The molecule has 0 aliphatic heterocycles. The van der Waals surface area contributed by atoms with E-state index in [0.717, 1.165) is 48.5 Å². The minimum atomic E-state index is 0.121. The predicted octanol–water partition coefficient (Wildman–Crippen LogP) is 5.18. The number of thioether (sulfide) groups is 1. The zero-order valence-electron chi connectivity index (χ0n) is 18.9. The second-order valence-electron chi connectivity index (χ2n) is 8.71. The first-order valence-corrected chi connectivity index (χ1v) is 12.4. The molecule has 0 spiro atoms. The number of carbonyl (C=O) groups is 1. The van der Waals surface area contributed by atoms with Gasteiger partial charge in [-0.25, -0.2) is 4.98 Å². The molecule has 3 aromatic rings. The molecule has 0 radical (unpaired) electrons. The fourth-order valence-electron chi connectivity index (χ4n) is 4.30. The van der Waals surface area contributed by atoms with Crippen LogP contribution < -0.4 is 15.5 Å². The molecule has 1 aliphatic carbocycles. The van der Waals surface area contributed by atoms with Gasteiger partial charge in [0, 0.05) is 48.7 Å². The molecule has 1 amide bonds. The second-order valence-corrected chi connectivity index (χ2v) is 9.75. The van der Waals surface area contributed by atoms with Crippen molar-refractivity contribution in [3.8, 4) is 0 Å². The van der Waals surface area contributed by atoms with Crippen molar-refractivity contribution in [2.24, 2.45) is 5.92 Å². The first kappa shape index (κ1) is 22.5. The summed E-state index contributed by atoms with van der Waals surface area (Å²) in [4.78, 5) is 20.3. The van der Waals surface area contributed by atoms with E-state index >= 15 is 0 Å². The lowest BCUT2D eigenvalue weighted by Crippen LogP contribution is -2.34. The third-order valence-electron chi connectivity index (χ3n) is 6.08. The number of benzene rings is 2. The monoisotopic (exact) mass is 448 g/mol. The molecule has 0 saturated heterocycles. The zero-order valence-corrected chi connectivity index (χ0v) is 19.7. The van der Waals surface area contributed by atoms with Crippen molar-refractivity contribution >= 4 is 40.1 Å². The van der Waals surface area contributed by atoms with Gasteiger partial charge in [-0.3, -0.25) is 4.79 Å². The molecule has 4 rings (SSSR count). The molecule has 168 valence electrons. The van der Waals surface area contributed by atoms with Gasteiger partial charge in [0.25, 0.3) is 0 Å². The molecule has 5 nitrogen and oxygen atoms in total. The largest absolute Gasteiger partial charge is 0.377 e. The molecule has 1 aromatic heterocycles. The second kappa shape index (κ2) is 10.7. The van der Waals surface area contributed by atoms with E-state index in [4.69, 9.17) is 4.98 Å². The number of para-hydroxylation sites is 1. The number of carbonyl (C=O) groups excluding carboxylic acids is 1. The summed E-state index contributed by atoms with van der Waals surface area (Å²) in [6, 6.07) is 21.0. The molecular formula is C26H32N4OS. The summed E-state index contributed by atoms with van der Waals surface area (Å²) in [7, 11) is 4.15. The highest BCUT2D eigenvalue weighted by Crippen LogP contribution is 2.30. The average molecular weight is 449 g/mol. The highest BCUT2D eigenvalue weighted by atomic mass is 32.2. The van der Waals surface area contributed by atoms with Crippen LogP contribution in [0.1, 0.15) is 25.7 Å². The molecular weight excluding hydrogens is 416 g/mol. The van der Waals surface area contributed by atoms with Crippen LogP contribution in [0.2, 0.25) is 0 Å². The van der Waals surface area contributed by atoms with Crippen molar-refractivity contribution in [3.05, 3.63) is 60.7 Å². The van der Waals surface area contributed by atoms with E-state index in [9.17, 15) is 4.79 Å². The maximum Gasteiger partial charge on any atom is 0.230 e. The number of anilines is 2. The normalized spacial score (nSPS) is 18.3. The van der Waals surface area contributed by atoms with Gasteiger partial charge < -0.3 is 15.5 Å². The first-order chi connectivity index (χ1) is 15.6. The minimum Gasteiger partial charge on any atom is -0.377 e. The lowest BCUT2D eigenvalue weighted by molar-refractivity contribution is -0.118. The Kier molecular flexibility index (Phi) is 7.53. The summed E-state index contributed by atoms with van der Waals surface area (Å²) in [6.45, 7) is 0.778. The molecule has 2 N–H and O–H groups in total. The van der Waals surface area contributed by atoms with Crippen molar-refractivity contribution < 1.29 is 4.79 Å². The summed E-state index contributed by atoms with van der Waals surface area (Å²) in [5.41, 5.74) is 2.20. The van der Waals surface area contributed by atoms with E-state index in [1.807, 2.05) is 36.4 Å². The summed E-state index contributed by atoms with van der Waals surface area (Å²) in [5.74, 6) is 2.10. The van der Waals surface area contributed by atoms with E-state index in [1.165, 1.54) is 11.1 Å². The third kappa shape index (κ3) is 5.94. The smallest absolute Gasteiger partial charge is 0.230 e.